The lowest BCUT2D eigenvalue weighted by Gasteiger charge is -2.46. The molecule has 1 N–H and O–H groups in total. The number of amides is 1. The number of nitrogens with zero attached hydrogens (tertiary/aromatic N) is 1. The number of nitrogens with one attached hydrogen (secondary N) is 1. The van der Waals surface area contributed by atoms with Crippen molar-refractivity contribution in [3.8, 4) is 11.5 Å². The summed E-state index contributed by atoms with van der Waals surface area (Å²) in [4.78, 5) is 14.3. The van der Waals surface area contributed by atoms with Crippen molar-refractivity contribution in [3.63, 3.8) is 0 Å². The molecular weight excluding hydrogens is 304 g/mol. The van der Waals surface area contributed by atoms with E-state index in [0.29, 0.717) is 19.8 Å². The Kier molecular flexibility index (Phi) is 3.91. The van der Waals surface area contributed by atoms with E-state index in [2.05, 4.69) is 29.3 Å². The van der Waals surface area contributed by atoms with Crippen molar-refractivity contribution < 1.29 is 14.3 Å². The molecule has 3 aliphatic rings. The van der Waals surface area contributed by atoms with Crippen LogP contribution in [-0.2, 0) is 10.2 Å². The Morgan fingerprint density at radius 1 is 1.25 bits per heavy atom. The van der Waals surface area contributed by atoms with Crippen LogP contribution in [0.1, 0.15) is 49.8 Å². The number of rotatable bonds is 2. The molecule has 2 aliphatic heterocycles. The van der Waals surface area contributed by atoms with Crippen molar-refractivity contribution in [2.45, 2.75) is 44.1 Å². The fourth-order valence-corrected chi connectivity index (χ4v) is 4.65. The third kappa shape index (κ3) is 2.46. The lowest BCUT2D eigenvalue weighted by molar-refractivity contribution is -0.122. The zero-order valence-corrected chi connectivity index (χ0v) is 14.6. The summed E-state index contributed by atoms with van der Waals surface area (Å²) in [6.07, 6.45) is 4.90. The van der Waals surface area contributed by atoms with Crippen LogP contribution in [0.5, 0.6) is 11.5 Å². The average molecular weight is 330 g/mol. The Morgan fingerprint density at radius 3 is 2.58 bits per heavy atom. The fourth-order valence-electron chi connectivity index (χ4n) is 4.65. The maximum absolute atomic E-state index is 12.0. The summed E-state index contributed by atoms with van der Waals surface area (Å²) in [5, 5.41) is 2.76. The number of fused-ring (bicyclic) bond motifs is 3. The third-order valence-corrected chi connectivity index (χ3v) is 5.98. The molecule has 1 aromatic carbocycles. The van der Waals surface area contributed by atoms with Crippen LogP contribution in [-0.4, -0.2) is 44.2 Å². The standard InChI is InChI=1S/C19H26N2O3/c1-13-14-9-16-17(24-8-7-23-16)10-15(14)19(5-3-4-6-19)12-21(13)11-18(22)20-2/h9-10,13H,3-8,11-12H2,1-2H3,(H,20,22). The van der Waals surface area contributed by atoms with Crippen molar-refractivity contribution in [1.82, 2.24) is 10.2 Å². The molecule has 1 aromatic rings. The maximum Gasteiger partial charge on any atom is 0.233 e. The van der Waals surface area contributed by atoms with Gasteiger partial charge in [-0.15, -0.1) is 0 Å². The van der Waals surface area contributed by atoms with E-state index in [9.17, 15) is 4.79 Å². The number of benzene rings is 1. The minimum atomic E-state index is 0.0796. The van der Waals surface area contributed by atoms with E-state index in [4.69, 9.17) is 9.47 Å². The Labute approximate surface area is 143 Å². The lowest BCUT2D eigenvalue weighted by Crippen LogP contribution is -2.49. The molecule has 0 bridgehead atoms. The van der Waals surface area contributed by atoms with E-state index in [1.54, 1.807) is 7.05 Å². The first-order valence-electron chi connectivity index (χ1n) is 9.02. The lowest BCUT2D eigenvalue weighted by atomic mass is 9.71. The van der Waals surface area contributed by atoms with Gasteiger partial charge in [0.15, 0.2) is 11.5 Å². The summed E-state index contributed by atoms with van der Waals surface area (Å²) in [6.45, 7) is 4.82. The van der Waals surface area contributed by atoms with Crippen LogP contribution in [0.25, 0.3) is 0 Å². The third-order valence-electron chi connectivity index (χ3n) is 5.98. The minimum absolute atomic E-state index is 0.0796. The van der Waals surface area contributed by atoms with Gasteiger partial charge in [0.05, 0.1) is 6.54 Å². The molecule has 0 aromatic heterocycles. The molecular formula is C19H26N2O3. The predicted octanol–water partition coefficient (Wildman–Crippen LogP) is 2.39. The van der Waals surface area contributed by atoms with Crippen LogP contribution in [0.15, 0.2) is 12.1 Å². The van der Waals surface area contributed by atoms with Crippen molar-refractivity contribution in [3.05, 3.63) is 23.3 Å². The number of carbonyl (C=O) groups excluding carboxylic acids is 1. The fraction of sp³-hybridized carbons (Fsp3) is 0.632. The largest absolute Gasteiger partial charge is 0.486 e. The molecule has 24 heavy (non-hydrogen) atoms. The predicted molar refractivity (Wildman–Crippen MR) is 91.6 cm³/mol. The number of carbonyl (C=O) groups is 1. The highest BCUT2D eigenvalue weighted by molar-refractivity contribution is 5.77. The topological polar surface area (TPSA) is 50.8 Å². The normalized spacial score (nSPS) is 24.7. The molecule has 4 rings (SSSR count). The second-order valence-electron chi connectivity index (χ2n) is 7.32. The van der Waals surface area contributed by atoms with Crippen molar-refractivity contribution in [2.75, 3.05) is 33.4 Å². The summed E-state index contributed by atoms with van der Waals surface area (Å²) in [5.41, 5.74) is 2.88. The molecule has 1 aliphatic carbocycles. The van der Waals surface area contributed by atoms with Gasteiger partial charge >= 0.3 is 0 Å². The quantitative estimate of drug-likeness (QED) is 0.905. The van der Waals surface area contributed by atoms with E-state index in [1.807, 2.05) is 0 Å². The number of hydrogen-bond donors (Lipinski definition) is 1. The van der Waals surface area contributed by atoms with Crippen LogP contribution in [0.3, 0.4) is 0 Å². The van der Waals surface area contributed by atoms with Gasteiger partial charge in [-0.25, -0.2) is 0 Å². The van der Waals surface area contributed by atoms with Gasteiger partial charge in [0.1, 0.15) is 13.2 Å². The van der Waals surface area contributed by atoms with Gasteiger partial charge < -0.3 is 14.8 Å². The molecule has 1 spiro atoms. The Morgan fingerprint density at radius 2 is 1.92 bits per heavy atom. The van der Waals surface area contributed by atoms with E-state index < -0.39 is 0 Å². The molecule has 130 valence electrons. The van der Waals surface area contributed by atoms with Gasteiger partial charge in [-0.3, -0.25) is 9.69 Å². The molecule has 2 heterocycles. The number of hydrogen-bond acceptors (Lipinski definition) is 4. The molecule has 1 saturated carbocycles. The molecule has 0 saturated heterocycles. The van der Waals surface area contributed by atoms with Crippen LogP contribution < -0.4 is 14.8 Å². The van der Waals surface area contributed by atoms with Crippen LogP contribution in [0.2, 0.25) is 0 Å². The smallest absolute Gasteiger partial charge is 0.233 e. The zero-order valence-electron chi connectivity index (χ0n) is 14.6. The van der Waals surface area contributed by atoms with Gasteiger partial charge in [-0.2, -0.15) is 0 Å². The Bertz CT molecular complexity index is 652. The summed E-state index contributed by atoms with van der Waals surface area (Å²) in [5.74, 6) is 1.82. The Hall–Kier alpha value is -1.75. The second-order valence-corrected chi connectivity index (χ2v) is 7.32. The van der Waals surface area contributed by atoms with Gasteiger partial charge in [0.25, 0.3) is 0 Å². The highest BCUT2D eigenvalue weighted by atomic mass is 16.6. The summed E-state index contributed by atoms with van der Waals surface area (Å²) in [6, 6.07) is 4.59. The maximum atomic E-state index is 12.0. The molecule has 5 nitrogen and oxygen atoms in total. The van der Waals surface area contributed by atoms with E-state index in [-0.39, 0.29) is 17.4 Å². The van der Waals surface area contributed by atoms with Crippen LogP contribution in [0.4, 0.5) is 0 Å². The van der Waals surface area contributed by atoms with Gasteiger partial charge in [-0.1, -0.05) is 12.8 Å². The number of ether oxygens (including phenoxy) is 2. The Balaban J connectivity index is 1.78. The van der Waals surface area contributed by atoms with Crippen LogP contribution in [0, 0.1) is 0 Å². The van der Waals surface area contributed by atoms with E-state index >= 15 is 0 Å². The van der Waals surface area contributed by atoms with Gasteiger partial charge in [0, 0.05) is 25.0 Å². The van der Waals surface area contributed by atoms with Gasteiger partial charge in [0.2, 0.25) is 5.91 Å². The first-order valence-corrected chi connectivity index (χ1v) is 9.02. The molecule has 1 amide bonds. The molecule has 1 unspecified atom stereocenters. The monoisotopic (exact) mass is 330 g/mol. The molecule has 1 fully saturated rings. The highest BCUT2D eigenvalue weighted by Crippen LogP contribution is 2.51. The van der Waals surface area contributed by atoms with Crippen molar-refractivity contribution >= 4 is 5.91 Å². The summed E-state index contributed by atoms with van der Waals surface area (Å²) >= 11 is 0. The molecule has 1 atom stereocenters. The minimum Gasteiger partial charge on any atom is -0.486 e. The van der Waals surface area contributed by atoms with E-state index in [0.717, 1.165) is 18.0 Å². The first kappa shape index (κ1) is 15.8. The highest BCUT2D eigenvalue weighted by Gasteiger charge is 2.45. The summed E-state index contributed by atoms with van der Waals surface area (Å²) in [7, 11) is 1.71. The first-order chi connectivity index (χ1) is 11.6. The van der Waals surface area contributed by atoms with Crippen molar-refractivity contribution in [1.29, 1.82) is 0 Å². The van der Waals surface area contributed by atoms with Crippen molar-refractivity contribution in [2.24, 2.45) is 0 Å². The summed E-state index contributed by atoms with van der Waals surface area (Å²) < 4.78 is 11.6. The zero-order chi connectivity index (χ0) is 16.7. The average Bonchev–Trinajstić information content (AvgIpc) is 3.07. The van der Waals surface area contributed by atoms with E-state index in [1.165, 1.54) is 36.8 Å². The SMILES string of the molecule is CNC(=O)CN1CC2(CCCC2)c2cc3c(cc2C1C)OCCO3. The van der Waals surface area contributed by atoms with Crippen LogP contribution >= 0.6 is 0 Å². The molecule has 0 radical (unpaired) electrons. The molecule has 5 heteroatoms. The number of likely N-dealkylation sites (N-methyl/N-ethyl adjacent to an activating group) is 1. The van der Waals surface area contributed by atoms with Gasteiger partial charge in [-0.05, 0) is 43.0 Å². The second kappa shape index (κ2) is 5.96.